The zero-order chi connectivity index (χ0) is 14.8. The third-order valence-electron chi connectivity index (χ3n) is 3.27. The summed E-state index contributed by atoms with van der Waals surface area (Å²) in [5.41, 5.74) is -0.0737. The molecule has 0 bridgehead atoms. The molecule has 0 saturated carbocycles. The van der Waals surface area contributed by atoms with Crippen molar-refractivity contribution in [1.82, 2.24) is 0 Å². The predicted octanol–water partition coefficient (Wildman–Crippen LogP) is 2.92. The second-order valence-corrected chi connectivity index (χ2v) is 4.69. The average molecular weight is 280 g/mol. The molecule has 3 rings (SSSR count). The van der Waals surface area contributed by atoms with Gasteiger partial charge in [-0.1, -0.05) is 42.5 Å². The highest BCUT2D eigenvalue weighted by molar-refractivity contribution is 6.03. The molecule has 0 radical (unpaired) electrons. The van der Waals surface area contributed by atoms with Crippen LogP contribution in [0.1, 0.15) is 15.9 Å². The lowest BCUT2D eigenvalue weighted by atomic mass is 10.0. The monoisotopic (exact) mass is 280 g/mol. The molecule has 0 unspecified atom stereocenters. The fraction of sp³-hybridized carbons (Fsp3) is 0.0588. The van der Waals surface area contributed by atoms with Crippen LogP contribution in [0.2, 0.25) is 0 Å². The van der Waals surface area contributed by atoms with E-state index in [1.54, 1.807) is 36.4 Å². The van der Waals surface area contributed by atoms with E-state index < -0.39 is 11.4 Å². The van der Waals surface area contributed by atoms with Crippen LogP contribution in [0.25, 0.3) is 11.0 Å². The van der Waals surface area contributed by atoms with Crippen molar-refractivity contribution in [2.75, 3.05) is 0 Å². The molecule has 1 N–H and O–H groups in total. The van der Waals surface area contributed by atoms with Gasteiger partial charge in [-0.05, 0) is 17.7 Å². The third-order valence-corrected chi connectivity index (χ3v) is 3.27. The van der Waals surface area contributed by atoms with E-state index in [-0.39, 0.29) is 23.3 Å². The molecule has 0 amide bonds. The smallest absolute Gasteiger partial charge is 0.351 e. The van der Waals surface area contributed by atoms with Crippen LogP contribution in [0.4, 0.5) is 0 Å². The van der Waals surface area contributed by atoms with Gasteiger partial charge < -0.3 is 9.52 Å². The van der Waals surface area contributed by atoms with Gasteiger partial charge in [0.1, 0.15) is 16.9 Å². The SMILES string of the molecule is O=C(Cc1ccccc1)c1c(O)c2ccccc2oc1=O. The van der Waals surface area contributed by atoms with Crippen molar-refractivity contribution in [3.63, 3.8) is 0 Å². The van der Waals surface area contributed by atoms with Crippen LogP contribution in [0.3, 0.4) is 0 Å². The van der Waals surface area contributed by atoms with Crippen molar-refractivity contribution in [2.45, 2.75) is 6.42 Å². The van der Waals surface area contributed by atoms with Crippen molar-refractivity contribution < 1.29 is 14.3 Å². The summed E-state index contributed by atoms with van der Waals surface area (Å²) in [4.78, 5) is 24.2. The van der Waals surface area contributed by atoms with Crippen molar-refractivity contribution in [3.05, 3.63) is 76.1 Å². The van der Waals surface area contributed by atoms with Gasteiger partial charge in [-0.3, -0.25) is 4.79 Å². The van der Waals surface area contributed by atoms with Gasteiger partial charge in [0, 0.05) is 6.42 Å². The van der Waals surface area contributed by atoms with Crippen LogP contribution in [-0.2, 0) is 6.42 Å². The maximum atomic E-state index is 12.3. The van der Waals surface area contributed by atoms with Gasteiger partial charge in [-0.2, -0.15) is 0 Å². The molecule has 1 aromatic heterocycles. The van der Waals surface area contributed by atoms with Crippen LogP contribution in [0.5, 0.6) is 5.75 Å². The van der Waals surface area contributed by atoms with Crippen LogP contribution >= 0.6 is 0 Å². The Labute approximate surface area is 120 Å². The first-order chi connectivity index (χ1) is 10.2. The number of hydrogen-bond donors (Lipinski definition) is 1. The number of ketones is 1. The summed E-state index contributed by atoms with van der Waals surface area (Å²) in [7, 11) is 0. The predicted molar refractivity (Wildman–Crippen MR) is 78.6 cm³/mol. The van der Waals surface area contributed by atoms with E-state index in [2.05, 4.69) is 0 Å². The lowest BCUT2D eigenvalue weighted by Crippen LogP contribution is -2.16. The molecule has 2 aromatic carbocycles. The molecule has 0 spiro atoms. The van der Waals surface area contributed by atoms with Crippen molar-refractivity contribution in [1.29, 1.82) is 0 Å². The van der Waals surface area contributed by atoms with Crippen molar-refractivity contribution in [2.24, 2.45) is 0 Å². The number of para-hydroxylation sites is 1. The molecule has 0 aliphatic rings. The first-order valence-electron chi connectivity index (χ1n) is 6.49. The molecule has 4 heteroatoms. The number of aromatic hydroxyl groups is 1. The first kappa shape index (κ1) is 13.1. The number of carbonyl (C=O) groups is 1. The second-order valence-electron chi connectivity index (χ2n) is 4.69. The maximum absolute atomic E-state index is 12.3. The molecular weight excluding hydrogens is 268 g/mol. The Balaban J connectivity index is 2.08. The highest BCUT2D eigenvalue weighted by Gasteiger charge is 2.20. The number of benzene rings is 2. The highest BCUT2D eigenvalue weighted by atomic mass is 16.4. The summed E-state index contributed by atoms with van der Waals surface area (Å²) in [5.74, 6) is -0.777. The Hall–Kier alpha value is -2.88. The summed E-state index contributed by atoms with van der Waals surface area (Å²) in [6.07, 6.45) is 0.0392. The fourth-order valence-corrected chi connectivity index (χ4v) is 2.25. The largest absolute Gasteiger partial charge is 0.506 e. The quantitative estimate of drug-likeness (QED) is 0.591. The average Bonchev–Trinajstić information content (AvgIpc) is 2.48. The molecular formula is C17H12O4. The van der Waals surface area contributed by atoms with Crippen LogP contribution < -0.4 is 5.63 Å². The number of hydrogen-bond acceptors (Lipinski definition) is 4. The van der Waals surface area contributed by atoms with Gasteiger partial charge in [0.25, 0.3) is 0 Å². The Bertz CT molecular complexity index is 863. The van der Waals surface area contributed by atoms with E-state index in [0.717, 1.165) is 5.56 Å². The number of Topliss-reactive ketones (excluding diaryl/α,β-unsaturated/α-hetero) is 1. The first-order valence-corrected chi connectivity index (χ1v) is 6.49. The Morgan fingerprint density at radius 2 is 1.67 bits per heavy atom. The zero-order valence-electron chi connectivity index (χ0n) is 11.1. The van der Waals surface area contributed by atoms with Crippen molar-refractivity contribution in [3.8, 4) is 5.75 Å². The van der Waals surface area contributed by atoms with Gasteiger partial charge in [0.05, 0.1) is 5.39 Å². The minimum Gasteiger partial charge on any atom is -0.506 e. The van der Waals surface area contributed by atoms with Gasteiger partial charge in [0.15, 0.2) is 5.78 Å². The molecule has 4 nitrogen and oxygen atoms in total. The molecule has 0 fully saturated rings. The standard InChI is InChI=1S/C17H12O4/c18-13(10-11-6-2-1-3-7-11)15-16(19)12-8-4-5-9-14(12)21-17(15)20/h1-9,19H,10H2. The van der Waals surface area contributed by atoms with Gasteiger partial charge in [-0.25, -0.2) is 4.79 Å². The third kappa shape index (κ3) is 2.43. The molecule has 0 aliphatic heterocycles. The molecule has 3 aromatic rings. The second kappa shape index (κ2) is 5.25. The minimum absolute atomic E-state index is 0.0392. The van der Waals surface area contributed by atoms with E-state index >= 15 is 0 Å². The molecule has 21 heavy (non-hydrogen) atoms. The number of rotatable bonds is 3. The number of carbonyl (C=O) groups excluding carboxylic acids is 1. The fourth-order valence-electron chi connectivity index (χ4n) is 2.25. The topological polar surface area (TPSA) is 67.5 Å². The van der Waals surface area contributed by atoms with Crippen molar-refractivity contribution >= 4 is 16.8 Å². The summed E-state index contributed by atoms with van der Waals surface area (Å²) < 4.78 is 5.10. The summed E-state index contributed by atoms with van der Waals surface area (Å²) in [6, 6.07) is 15.6. The van der Waals surface area contributed by atoms with E-state index in [1.807, 2.05) is 18.2 Å². The molecule has 104 valence electrons. The van der Waals surface area contributed by atoms with Crippen LogP contribution in [-0.4, -0.2) is 10.9 Å². The van der Waals surface area contributed by atoms with E-state index in [1.165, 1.54) is 0 Å². The Morgan fingerprint density at radius 3 is 2.43 bits per heavy atom. The normalized spacial score (nSPS) is 10.7. The van der Waals surface area contributed by atoms with Crippen LogP contribution in [0, 0.1) is 0 Å². The molecule has 0 saturated heterocycles. The van der Waals surface area contributed by atoms with E-state index in [9.17, 15) is 14.7 Å². The highest BCUT2D eigenvalue weighted by Crippen LogP contribution is 2.26. The summed E-state index contributed by atoms with van der Waals surface area (Å²) in [6.45, 7) is 0. The summed E-state index contributed by atoms with van der Waals surface area (Å²) >= 11 is 0. The lowest BCUT2D eigenvalue weighted by Gasteiger charge is -2.05. The molecule has 0 atom stereocenters. The van der Waals surface area contributed by atoms with Gasteiger partial charge in [-0.15, -0.1) is 0 Å². The Morgan fingerprint density at radius 1 is 1.00 bits per heavy atom. The van der Waals surface area contributed by atoms with Crippen LogP contribution in [0.15, 0.2) is 63.8 Å². The zero-order valence-corrected chi connectivity index (χ0v) is 11.1. The van der Waals surface area contributed by atoms with E-state index in [0.29, 0.717) is 5.39 Å². The van der Waals surface area contributed by atoms with E-state index in [4.69, 9.17) is 4.42 Å². The lowest BCUT2D eigenvalue weighted by molar-refractivity contribution is 0.0987. The maximum Gasteiger partial charge on any atom is 0.351 e. The minimum atomic E-state index is -0.813. The van der Waals surface area contributed by atoms with Gasteiger partial charge in [0.2, 0.25) is 0 Å². The molecule has 0 aliphatic carbocycles. The molecule has 1 heterocycles. The Kier molecular flexibility index (Phi) is 3.28. The summed E-state index contributed by atoms with van der Waals surface area (Å²) in [5, 5.41) is 10.6. The number of fused-ring (bicyclic) bond motifs is 1. The van der Waals surface area contributed by atoms with Gasteiger partial charge >= 0.3 is 5.63 Å².